The Morgan fingerprint density at radius 3 is 3.19 bits per heavy atom. The zero-order valence-electron chi connectivity index (χ0n) is 12.3. The van der Waals surface area contributed by atoms with Crippen molar-refractivity contribution in [3.8, 4) is 11.5 Å². The first-order valence-corrected chi connectivity index (χ1v) is 7.25. The fourth-order valence-corrected chi connectivity index (χ4v) is 2.74. The molecule has 2 N–H and O–H groups in total. The molecule has 0 radical (unpaired) electrons. The van der Waals surface area contributed by atoms with E-state index in [2.05, 4.69) is 34.4 Å². The number of nitrogens with one attached hydrogen (secondary N) is 2. The molecule has 6 heteroatoms. The Balaban J connectivity index is 1.68. The summed E-state index contributed by atoms with van der Waals surface area (Å²) in [5, 5.41) is 9.98. The summed E-state index contributed by atoms with van der Waals surface area (Å²) in [4.78, 5) is 14.6. The molecule has 0 bridgehead atoms. The quantitative estimate of drug-likeness (QED) is 0.904. The van der Waals surface area contributed by atoms with Crippen molar-refractivity contribution >= 4 is 5.91 Å². The number of rotatable bonds is 3. The highest BCUT2D eigenvalue weighted by molar-refractivity contribution is 5.93. The lowest BCUT2D eigenvalue weighted by Crippen LogP contribution is -2.52. The number of furan rings is 1. The van der Waals surface area contributed by atoms with Gasteiger partial charge < -0.3 is 14.6 Å². The highest BCUT2D eigenvalue weighted by Crippen LogP contribution is 2.19. The fourth-order valence-electron chi connectivity index (χ4n) is 2.74. The van der Waals surface area contributed by atoms with Gasteiger partial charge in [0.25, 0.3) is 5.91 Å². The summed E-state index contributed by atoms with van der Waals surface area (Å²) >= 11 is 0. The van der Waals surface area contributed by atoms with Crippen LogP contribution in [-0.2, 0) is 0 Å². The Labute approximate surface area is 123 Å². The Hall–Kier alpha value is -2.08. The molecule has 0 saturated carbocycles. The van der Waals surface area contributed by atoms with Gasteiger partial charge in [0, 0.05) is 18.2 Å². The van der Waals surface area contributed by atoms with Crippen LogP contribution in [0.1, 0.15) is 30.3 Å². The molecule has 1 aliphatic heterocycles. The second kappa shape index (κ2) is 5.73. The first kappa shape index (κ1) is 13.9. The van der Waals surface area contributed by atoms with Crippen LogP contribution in [0.25, 0.3) is 11.5 Å². The molecule has 1 fully saturated rings. The number of nitrogens with zero attached hydrogens (tertiary/aromatic N) is 2. The van der Waals surface area contributed by atoms with Gasteiger partial charge in [0.1, 0.15) is 5.69 Å². The van der Waals surface area contributed by atoms with Crippen molar-refractivity contribution in [1.29, 1.82) is 0 Å². The molecule has 1 saturated heterocycles. The Kier molecular flexibility index (Phi) is 3.79. The van der Waals surface area contributed by atoms with Crippen LogP contribution in [0.15, 0.2) is 28.9 Å². The lowest BCUT2D eigenvalue weighted by Gasteiger charge is -2.37. The fraction of sp³-hybridized carbons (Fsp3) is 0.467. The van der Waals surface area contributed by atoms with Crippen LogP contribution in [0.5, 0.6) is 0 Å². The van der Waals surface area contributed by atoms with Crippen molar-refractivity contribution in [3.63, 3.8) is 0 Å². The van der Waals surface area contributed by atoms with Gasteiger partial charge in [0.15, 0.2) is 11.5 Å². The molecule has 2 atom stereocenters. The van der Waals surface area contributed by atoms with Gasteiger partial charge in [-0.05, 0) is 45.5 Å². The smallest absolute Gasteiger partial charge is 0.272 e. The number of aromatic amines is 1. The molecule has 0 spiro atoms. The topological polar surface area (TPSA) is 74.2 Å². The summed E-state index contributed by atoms with van der Waals surface area (Å²) in [5.74, 6) is 0.531. The van der Waals surface area contributed by atoms with Gasteiger partial charge in [-0.2, -0.15) is 5.10 Å². The molecule has 1 amide bonds. The summed E-state index contributed by atoms with van der Waals surface area (Å²) in [6.07, 6.45) is 3.70. The van der Waals surface area contributed by atoms with Crippen LogP contribution in [0.2, 0.25) is 0 Å². The molecular weight excluding hydrogens is 268 g/mol. The molecule has 112 valence electrons. The third-order valence-electron chi connectivity index (χ3n) is 4.22. The number of amides is 1. The summed E-state index contributed by atoms with van der Waals surface area (Å²) in [5.41, 5.74) is 1.10. The Morgan fingerprint density at radius 1 is 1.57 bits per heavy atom. The first-order chi connectivity index (χ1) is 10.1. The van der Waals surface area contributed by atoms with Crippen LogP contribution in [0, 0.1) is 0 Å². The predicted octanol–water partition coefficient (Wildman–Crippen LogP) is 1.88. The van der Waals surface area contributed by atoms with E-state index >= 15 is 0 Å². The molecule has 2 aromatic heterocycles. The van der Waals surface area contributed by atoms with E-state index in [1.54, 1.807) is 18.4 Å². The number of H-pyrrole nitrogens is 1. The van der Waals surface area contributed by atoms with Crippen LogP contribution >= 0.6 is 0 Å². The molecule has 3 rings (SSSR count). The minimum absolute atomic E-state index is 0.142. The number of aromatic nitrogens is 2. The summed E-state index contributed by atoms with van der Waals surface area (Å²) in [6.45, 7) is 3.22. The maximum absolute atomic E-state index is 12.3. The summed E-state index contributed by atoms with van der Waals surface area (Å²) < 4.78 is 5.28. The van der Waals surface area contributed by atoms with E-state index in [1.807, 2.05) is 6.07 Å². The van der Waals surface area contributed by atoms with Crippen LogP contribution in [0.4, 0.5) is 0 Å². The van der Waals surface area contributed by atoms with Crippen molar-refractivity contribution in [2.45, 2.75) is 31.8 Å². The van der Waals surface area contributed by atoms with Gasteiger partial charge in [0.05, 0.1) is 6.26 Å². The van der Waals surface area contributed by atoms with E-state index < -0.39 is 0 Å². The monoisotopic (exact) mass is 288 g/mol. The molecule has 0 aliphatic carbocycles. The average Bonchev–Trinajstić information content (AvgIpc) is 3.13. The molecule has 2 aromatic rings. The van der Waals surface area contributed by atoms with Gasteiger partial charge in [-0.25, -0.2) is 0 Å². The van der Waals surface area contributed by atoms with E-state index in [0.717, 1.165) is 19.4 Å². The number of hydrogen-bond acceptors (Lipinski definition) is 4. The number of hydrogen-bond donors (Lipinski definition) is 2. The SMILES string of the molecule is C[C@@H]1[C@H](NC(=O)c2cc(-c3ccco3)[nH]n2)CCCN1C. The Bertz CT molecular complexity index is 605. The zero-order valence-corrected chi connectivity index (χ0v) is 12.3. The van der Waals surface area contributed by atoms with Gasteiger partial charge in [-0.1, -0.05) is 0 Å². The lowest BCUT2D eigenvalue weighted by molar-refractivity contribution is 0.0863. The van der Waals surface area contributed by atoms with E-state index in [0.29, 0.717) is 23.2 Å². The van der Waals surface area contributed by atoms with E-state index in [1.165, 1.54) is 0 Å². The van der Waals surface area contributed by atoms with Crippen molar-refractivity contribution in [3.05, 3.63) is 30.2 Å². The molecule has 3 heterocycles. The van der Waals surface area contributed by atoms with Crippen LogP contribution in [0.3, 0.4) is 0 Å². The zero-order chi connectivity index (χ0) is 14.8. The van der Waals surface area contributed by atoms with Crippen molar-refractivity contribution in [2.75, 3.05) is 13.6 Å². The maximum atomic E-state index is 12.3. The van der Waals surface area contributed by atoms with Crippen molar-refractivity contribution in [2.24, 2.45) is 0 Å². The standard InChI is InChI=1S/C15H20N4O2/c1-10-11(5-3-7-19(10)2)16-15(20)13-9-12(17-18-13)14-6-4-8-21-14/h4,6,8-11H,3,5,7H2,1-2H3,(H,16,20)(H,17,18)/t10-,11-/m1/s1. The number of likely N-dealkylation sites (N-methyl/N-ethyl adjacent to an activating group) is 1. The third-order valence-corrected chi connectivity index (χ3v) is 4.22. The van der Waals surface area contributed by atoms with Crippen molar-refractivity contribution in [1.82, 2.24) is 20.4 Å². The van der Waals surface area contributed by atoms with Crippen LogP contribution < -0.4 is 5.32 Å². The van der Waals surface area contributed by atoms with Gasteiger partial charge in [-0.15, -0.1) is 0 Å². The summed E-state index contributed by atoms with van der Waals surface area (Å²) in [7, 11) is 2.09. The van der Waals surface area contributed by atoms with Gasteiger partial charge in [-0.3, -0.25) is 9.89 Å². The maximum Gasteiger partial charge on any atom is 0.272 e. The lowest BCUT2D eigenvalue weighted by atomic mass is 9.98. The average molecular weight is 288 g/mol. The Morgan fingerprint density at radius 2 is 2.43 bits per heavy atom. The predicted molar refractivity (Wildman–Crippen MR) is 78.9 cm³/mol. The van der Waals surface area contributed by atoms with E-state index in [9.17, 15) is 4.79 Å². The van der Waals surface area contributed by atoms with Crippen LogP contribution in [-0.4, -0.2) is 46.7 Å². The molecule has 6 nitrogen and oxygen atoms in total. The minimum atomic E-state index is -0.142. The normalized spacial score (nSPS) is 23.1. The van der Waals surface area contributed by atoms with E-state index in [4.69, 9.17) is 4.42 Å². The molecule has 1 aliphatic rings. The van der Waals surface area contributed by atoms with Gasteiger partial charge in [0.2, 0.25) is 0 Å². The molecule has 21 heavy (non-hydrogen) atoms. The highest BCUT2D eigenvalue weighted by Gasteiger charge is 2.27. The number of carbonyl (C=O) groups is 1. The second-order valence-corrected chi connectivity index (χ2v) is 5.59. The van der Waals surface area contributed by atoms with E-state index in [-0.39, 0.29) is 11.9 Å². The number of piperidine rings is 1. The molecule has 0 unspecified atom stereocenters. The first-order valence-electron chi connectivity index (χ1n) is 7.25. The highest BCUT2D eigenvalue weighted by atomic mass is 16.3. The molecule has 0 aromatic carbocycles. The largest absolute Gasteiger partial charge is 0.463 e. The minimum Gasteiger partial charge on any atom is -0.463 e. The van der Waals surface area contributed by atoms with Gasteiger partial charge >= 0.3 is 0 Å². The number of carbonyl (C=O) groups excluding carboxylic acids is 1. The molecular formula is C15H20N4O2. The third kappa shape index (κ3) is 2.85. The second-order valence-electron chi connectivity index (χ2n) is 5.59. The summed E-state index contributed by atoms with van der Waals surface area (Å²) in [6, 6.07) is 5.85. The number of likely N-dealkylation sites (tertiary alicyclic amines) is 1. The van der Waals surface area contributed by atoms with Crippen molar-refractivity contribution < 1.29 is 9.21 Å².